The lowest BCUT2D eigenvalue weighted by Gasteiger charge is -2.32. The lowest BCUT2D eigenvalue weighted by Crippen LogP contribution is -2.25. The topological polar surface area (TPSA) is 50.4 Å². The van der Waals surface area contributed by atoms with Gasteiger partial charge in [0.25, 0.3) is 0 Å². The fraction of sp³-hybridized carbons (Fsp3) is 0.750. The molecule has 2 unspecified atom stereocenters. The number of aliphatic imine (C=N–C) groups is 1. The highest BCUT2D eigenvalue weighted by Crippen LogP contribution is 2.53. The average molecular weight is 343 g/mol. The molecule has 1 aromatic rings. The highest BCUT2D eigenvalue weighted by molar-refractivity contribution is 8.29. The summed E-state index contributed by atoms with van der Waals surface area (Å²) in [4.78, 5) is 8.84. The van der Waals surface area contributed by atoms with Gasteiger partial charge in [-0.05, 0) is 50.9 Å². The quantitative estimate of drug-likeness (QED) is 0.797. The van der Waals surface area contributed by atoms with Crippen molar-refractivity contribution in [1.29, 1.82) is 0 Å². The Hall–Kier alpha value is -0.950. The summed E-state index contributed by atoms with van der Waals surface area (Å²) < 4.78 is 27.6. The molecule has 4 rings (SSSR count). The minimum atomic E-state index is -2.19. The number of aliphatic hydroxyl groups is 1. The molecule has 7 heteroatoms. The van der Waals surface area contributed by atoms with Crippen LogP contribution in [-0.4, -0.2) is 31.0 Å². The van der Waals surface area contributed by atoms with E-state index in [9.17, 15) is 13.9 Å². The summed E-state index contributed by atoms with van der Waals surface area (Å²) in [6.07, 6.45) is 7.17. The number of aromatic nitrogens is 2. The molecule has 23 heavy (non-hydrogen) atoms. The molecule has 2 saturated carbocycles. The number of nitrogens with zero attached hydrogens (tertiary/aromatic N) is 3. The van der Waals surface area contributed by atoms with Gasteiger partial charge in [-0.2, -0.15) is 0 Å². The third-order valence-corrected chi connectivity index (χ3v) is 7.80. The molecule has 1 N–H and O–H groups in total. The number of hydrogen-bond donors (Lipinski definition) is 2. The Morgan fingerprint density at radius 3 is 2.61 bits per heavy atom. The zero-order valence-corrected chi connectivity index (χ0v) is 13.9. The molecule has 2 atom stereocenters. The largest absolute Gasteiger partial charge is 0.382 e. The van der Waals surface area contributed by atoms with E-state index in [0.717, 1.165) is 23.7 Å². The summed E-state index contributed by atoms with van der Waals surface area (Å²) >= 11 is -0.862. The van der Waals surface area contributed by atoms with Crippen LogP contribution in [0.5, 0.6) is 0 Å². The van der Waals surface area contributed by atoms with Crippen LogP contribution < -0.4 is 0 Å². The van der Waals surface area contributed by atoms with Gasteiger partial charge in [0.15, 0.2) is 5.82 Å². The van der Waals surface area contributed by atoms with E-state index in [2.05, 4.69) is 4.98 Å². The minimum absolute atomic E-state index is 0.357. The van der Waals surface area contributed by atoms with Crippen LogP contribution in [0.15, 0.2) is 17.5 Å². The molecule has 1 aliphatic heterocycles. The van der Waals surface area contributed by atoms with Crippen molar-refractivity contribution in [2.45, 2.75) is 56.8 Å². The maximum Gasteiger partial charge on any atom is 0.241 e. The first-order chi connectivity index (χ1) is 11.1. The molecule has 0 spiro atoms. The van der Waals surface area contributed by atoms with Crippen molar-refractivity contribution >= 4 is 21.9 Å². The molecule has 0 aromatic carbocycles. The fourth-order valence-electron chi connectivity index (χ4n) is 3.80. The van der Waals surface area contributed by atoms with Crippen molar-refractivity contribution in [3.8, 4) is 0 Å². The van der Waals surface area contributed by atoms with E-state index in [0.29, 0.717) is 31.1 Å². The monoisotopic (exact) mass is 343 g/mol. The summed E-state index contributed by atoms with van der Waals surface area (Å²) in [5, 5.41) is 12.0. The van der Waals surface area contributed by atoms with Crippen LogP contribution in [0.1, 0.15) is 44.9 Å². The molecule has 1 aromatic heterocycles. The molecular weight excluding hydrogens is 320 g/mol. The molecule has 0 radical (unpaired) electrons. The number of halogens is 2. The molecule has 3 aliphatic rings. The van der Waals surface area contributed by atoms with E-state index in [1.54, 1.807) is 12.5 Å². The molecule has 128 valence electrons. The van der Waals surface area contributed by atoms with E-state index in [-0.39, 0.29) is 0 Å². The normalized spacial score (nSPS) is 33.6. The standard InChI is InChI=1S/C16H23F2N3OS/c17-15(18)11-3-1-10(2-4-11)7-14(22)23-16(12-5-6-12)20-13-8-19-9-21(13)23/h8-12,14-15,22-23H,1-7H2. The van der Waals surface area contributed by atoms with Gasteiger partial charge in [0.05, 0.1) is 11.2 Å². The summed E-state index contributed by atoms with van der Waals surface area (Å²) in [6, 6.07) is 0. The Balaban J connectivity index is 1.41. The maximum absolute atomic E-state index is 12.8. The van der Waals surface area contributed by atoms with Crippen LogP contribution in [0.3, 0.4) is 0 Å². The average Bonchev–Trinajstić information content (AvgIpc) is 3.16. The van der Waals surface area contributed by atoms with E-state index in [1.165, 1.54) is 12.8 Å². The molecule has 0 amide bonds. The van der Waals surface area contributed by atoms with Gasteiger partial charge in [0.1, 0.15) is 11.8 Å². The number of aliphatic hydroxyl groups excluding tert-OH is 1. The van der Waals surface area contributed by atoms with Gasteiger partial charge in [0.2, 0.25) is 6.43 Å². The third-order valence-electron chi connectivity index (χ3n) is 5.31. The van der Waals surface area contributed by atoms with Gasteiger partial charge < -0.3 is 5.11 Å². The first-order valence-electron chi connectivity index (χ1n) is 8.50. The first-order valence-corrected chi connectivity index (χ1v) is 9.86. The van der Waals surface area contributed by atoms with E-state index in [4.69, 9.17) is 4.99 Å². The third kappa shape index (κ3) is 3.05. The Bertz CT molecular complexity index is 594. The highest BCUT2D eigenvalue weighted by Gasteiger charge is 2.40. The SMILES string of the molecule is OC(CC1CCC(C(F)F)CC1)[SH]1C(C2CC2)=Nc2cncn21. The minimum Gasteiger partial charge on any atom is -0.382 e. The zero-order valence-electron chi connectivity index (χ0n) is 13.0. The van der Waals surface area contributed by atoms with E-state index < -0.39 is 28.9 Å². The van der Waals surface area contributed by atoms with Gasteiger partial charge in [-0.15, -0.1) is 11.1 Å². The Morgan fingerprint density at radius 2 is 1.96 bits per heavy atom. The Morgan fingerprint density at radius 1 is 1.22 bits per heavy atom. The summed E-state index contributed by atoms with van der Waals surface area (Å²) in [5.41, 5.74) is -0.437. The lowest BCUT2D eigenvalue weighted by atomic mass is 9.81. The molecular formula is C16H23F2N3OS. The second kappa shape index (κ2) is 6.16. The van der Waals surface area contributed by atoms with Gasteiger partial charge in [-0.25, -0.2) is 18.8 Å². The molecule has 2 heterocycles. The van der Waals surface area contributed by atoms with Crippen molar-refractivity contribution < 1.29 is 13.9 Å². The second-order valence-electron chi connectivity index (χ2n) is 7.02. The molecule has 4 nitrogen and oxygen atoms in total. The van der Waals surface area contributed by atoms with E-state index >= 15 is 0 Å². The van der Waals surface area contributed by atoms with Crippen LogP contribution in [-0.2, 0) is 0 Å². The van der Waals surface area contributed by atoms with Crippen molar-refractivity contribution in [2.75, 3.05) is 0 Å². The zero-order chi connectivity index (χ0) is 16.0. The van der Waals surface area contributed by atoms with Gasteiger partial charge >= 0.3 is 0 Å². The molecule has 2 aliphatic carbocycles. The molecule has 2 fully saturated rings. The Labute approximate surface area is 137 Å². The van der Waals surface area contributed by atoms with Crippen LogP contribution in [0.25, 0.3) is 0 Å². The number of alkyl halides is 2. The van der Waals surface area contributed by atoms with Gasteiger partial charge in [-0.3, -0.25) is 3.97 Å². The molecule has 0 saturated heterocycles. The van der Waals surface area contributed by atoms with Crippen molar-refractivity contribution in [3.63, 3.8) is 0 Å². The van der Waals surface area contributed by atoms with Crippen LogP contribution in [0.4, 0.5) is 14.6 Å². The second-order valence-corrected chi connectivity index (χ2v) is 9.19. The van der Waals surface area contributed by atoms with Gasteiger partial charge in [-0.1, -0.05) is 0 Å². The Kier molecular flexibility index (Phi) is 4.17. The highest BCUT2D eigenvalue weighted by atomic mass is 32.2. The predicted molar refractivity (Wildman–Crippen MR) is 88.5 cm³/mol. The smallest absolute Gasteiger partial charge is 0.241 e. The molecule has 0 bridgehead atoms. The summed E-state index contributed by atoms with van der Waals surface area (Å²) in [5.74, 6) is 1.31. The van der Waals surface area contributed by atoms with Crippen molar-refractivity contribution in [2.24, 2.45) is 22.7 Å². The van der Waals surface area contributed by atoms with Gasteiger partial charge in [0, 0.05) is 11.8 Å². The first kappa shape index (κ1) is 15.6. The lowest BCUT2D eigenvalue weighted by molar-refractivity contribution is 0.0428. The van der Waals surface area contributed by atoms with Crippen molar-refractivity contribution in [1.82, 2.24) is 8.96 Å². The van der Waals surface area contributed by atoms with Crippen molar-refractivity contribution in [3.05, 3.63) is 12.5 Å². The maximum atomic E-state index is 12.8. The predicted octanol–water partition coefficient (Wildman–Crippen LogP) is 3.88. The number of fused-ring (bicyclic) bond motifs is 1. The van der Waals surface area contributed by atoms with E-state index in [1.807, 2.05) is 3.97 Å². The summed E-state index contributed by atoms with van der Waals surface area (Å²) in [6.45, 7) is 0. The van der Waals surface area contributed by atoms with Crippen LogP contribution >= 0.6 is 11.1 Å². The van der Waals surface area contributed by atoms with Crippen LogP contribution in [0.2, 0.25) is 0 Å². The van der Waals surface area contributed by atoms with Crippen LogP contribution in [0, 0.1) is 17.8 Å². The number of hydrogen-bond acceptors (Lipinski definition) is 3. The fourth-order valence-corrected chi connectivity index (χ4v) is 6.43. The number of thiol groups is 1. The number of rotatable bonds is 5. The summed E-state index contributed by atoms with van der Waals surface area (Å²) in [7, 11) is 0. The number of imidazole rings is 1.